The second-order valence-corrected chi connectivity index (χ2v) is 6.04. The van der Waals surface area contributed by atoms with Gasteiger partial charge in [-0.1, -0.05) is 30.3 Å². The van der Waals surface area contributed by atoms with E-state index in [0.717, 1.165) is 25.9 Å². The average molecular weight is 317 g/mol. The maximum atomic E-state index is 12.2. The molecule has 0 aromatic heterocycles. The van der Waals surface area contributed by atoms with Crippen molar-refractivity contribution in [2.45, 2.75) is 32.2 Å². The normalized spacial score (nSPS) is 18.5. The number of aryl methyl sites for hydroxylation is 1. The molecule has 5 heteroatoms. The van der Waals surface area contributed by atoms with Crippen molar-refractivity contribution in [2.24, 2.45) is 0 Å². The SMILES string of the molecule is CCN(C)C(=O)C[C@@H]1C(=O)NCCN1CCCc1ccccc1. The fraction of sp³-hybridized carbons (Fsp3) is 0.556. The first kappa shape index (κ1) is 17.5. The van der Waals surface area contributed by atoms with E-state index >= 15 is 0 Å². The van der Waals surface area contributed by atoms with Crippen LogP contribution in [0.3, 0.4) is 0 Å². The van der Waals surface area contributed by atoms with E-state index in [-0.39, 0.29) is 24.3 Å². The van der Waals surface area contributed by atoms with Crippen molar-refractivity contribution in [3.63, 3.8) is 0 Å². The van der Waals surface area contributed by atoms with Gasteiger partial charge in [-0.3, -0.25) is 14.5 Å². The maximum absolute atomic E-state index is 12.2. The smallest absolute Gasteiger partial charge is 0.237 e. The van der Waals surface area contributed by atoms with Crippen LogP contribution in [0.5, 0.6) is 0 Å². The van der Waals surface area contributed by atoms with Crippen molar-refractivity contribution in [3.05, 3.63) is 35.9 Å². The first-order valence-electron chi connectivity index (χ1n) is 8.41. The molecule has 1 heterocycles. The summed E-state index contributed by atoms with van der Waals surface area (Å²) in [5, 5.41) is 2.88. The summed E-state index contributed by atoms with van der Waals surface area (Å²) in [7, 11) is 1.78. The zero-order chi connectivity index (χ0) is 16.7. The molecular formula is C18H27N3O2. The van der Waals surface area contributed by atoms with Crippen molar-refractivity contribution in [3.8, 4) is 0 Å². The Morgan fingerprint density at radius 1 is 1.35 bits per heavy atom. The van der Waals surface area contributed by atoms with Gasteiger partial charge in [-0.15, -0.1) is 0 Å². The third-order valence-electron chi connectivity index (χ3n) is 4.46. The second-order valence-electron chi connectivity index (χ2n) is 6.04. The maximum Gasteiger partial charge on any atom is 0.237 e. The molecule has 0 saturated carbocycles. The van der Waals surface area contributed by atoms with Gasteiger partial charge in [-0.05, 0) is 31.9 Å². The lowest BCUT2D eigenvalue weighted by atomic mass is 10.1. The minimum atomic E-state index is -0.332. The van der Waals surface area contributed by atoms with Crippen LogP contribution >= 0.6 is 0 Å². The lowest BCUT2D eigenvalue weighted by Crippen LogP contribution is -2.56. The highest BCUT2D eigenvalue weighted by atomic mass is 16.2. The molecule has 1 aromatic carbocycles. The summed E-state index contributed by atoms with van der Waals surface area (Å²) in [5.74, 6) is 0.0106. The Kier molecular flexibility index (Phi) is 6.59. The van der Waals surface area contributed by atoms with Gasteiger partial charge in [0.1, 0.15) is 0 Å². The zero-order valence-corrected chi connectivity index (χ0v) is 14.1. The van der Waals surface area contributed by atoms with E-state index < -0.39 is 0 Å². The van der Waals surface area contributed by atoms with E-state index in [9.17, 15) is 9.59 Å². The van der Waals surface area contributed by atoms with Gasteiger partial charge in [0.2, 0.25) is 11.8 Å². The van der Waals surface area contributed by atoms with Crippen LogP contribution in [0, 0.1) is 0 Å². The van der Waals surface area contributed by atoms with Gasteiger partial charge < -0.3 is 10.2 Å². The summed E-state index contributed by atoms with van der Waals surface area (Å²) in [6, 6.07) is 10.0. The molecular weight excluding hydrogens is 290 g/mol. The number of benzene rings is 1. The fourth-order valence-electron chi connectivity index (χ4n) is 2.88. The molecule has 2 amide bonds. The van der Waals surface area contributed by atoms with Crippen molar-refractivity contribution in [1.29, 1.82) is 0 Å². The Bertz CT molecular complexity index is 518. The third-order valence-corrected chi connectivity index (χ3v) is 4.46. The minimum absolute atomic E-state index is 0.0196. The van der Waals surface area contributed by atoms with Gasteiger partial charge in [-0.25, -0.2) is 0 Å². The summed E-state index contributed by atoms with van der Waals surface area (Å²) >= 11 is 0. The van der Waals surface area contributed by atoms with E-state index in [1.54, 1.807) is 11.9 Å². The van der Waals surface area contributed by atoms with Crippen LogP contribution in [0.1, 0.15) is 25.3 Å². The zero-order valence-electron chi connectivity index (χ0n) is 14.1. The molecule has 0 aliphatic carbocycles. The highest BCUT2D eigenvalue weighted by Gasteiger charge is 2.31. The average Bonchev–Trinajstić information content (AvgIpc) is 2.57. The lowest BCUT2D eigenvalue weighted by Gasteiger charge is -2.35. The van der Waals surface area contributed by atoms with Crippen molar-refractivity contribution < 1.29 is 9.59 Å². The molecule has 126 valence electrons. The first-order chi connectivity index (χ1) is 11.1. The summed E-state index contributed by atoms with van der Waals surface area (Å²) in [6.45, 7) is 4.93. The molecule has 0 spiro atoms. The number of nitrogens with one attached hydrogen (secondary N) is 1. The molecule has 0 unspecified atom stereocenters. The number of amides is 2. The number of carbonyl (C=O) groups is 2. The number of hydrogen-bond donors (Lipinski definition) is 1. The van der Waals surface area contributed by atoms with E-state index in [0.29, 0.717) is 13.1 Å². The van der Waals surface area contributed by atoms with Crippen LogP contribution in [0.15, 0.2) is 30.3 Å². The number of carbonyl (C=O) groups excluding carboxylic acids is 2. The Balaban J connectivity index is 1.89. The van der Waals surface area contributed by atoms with E-state index in [1.807, 2.05) is 25.1 Å². The van der Waals surface area contributed by atoms with Crippen LogP contribution in [0.25, 0.3) is 0 Å². The Labute approximate surface area is 138 Å². The fourth-order valence-corrected chi connectivity index (χ4v) is 2.88. The predicted molar refractivity (Wildman–Crippen MR) is 91.1 cm³/mol. The molecule has 1 saturated heterocycles. The molecule has 0 radical (unpaired) electrons. The molecule has 5 nitrogen and oxygen atoms in total. The summed E-state index contributed by atoms with van der Waals surface area (Å²) in [4.78, 5) is 28.1. The van der Waals surface area contributed by atoms with Crippen molar-refractivity contribution >= 4 is 11.8 Å². The van der Waals surface area contributed by atoms with E-state index in [2.05, 4.69) is 22.3 Å². The number of hydrogen-bond acceptors (Lipinski definition) is 3. The standard InChI is InChI=1S/C18H27N3O2/c1-3-20(2)17(22)14-16-18(23)19-11-13-21(16)12-7-10-15-8-5-4-6-9-15/h4-6,8-9,16H,3,7,10-14H2,1-2H3,(H,19,23)/t16-/m1/s1. The number of piperazine rings is 1. The van der Waals surface area contributed by atoms with Gasteiger partial charge in [0.25, 0.3) is 0 Å². The Hall–Kier alpha value is -1.88. The third kappa shape index (κ3) is 5.06. The highest BCUT2D eigenvalue weighted by Crippen LogP contribution is 2.12. The van der Waals surface area contributed by atoms with Gasteiger partial charge >= 0.3 is 0 Å². The summed E-state index contributed by atoms with van der Waals surface area (Å²) in [5.41, 5.74) is 1.31. The van der Waals surface area contributed by atoms with Crippen LogP contribution in [-0.2, 0) is 16.0 Å². The molecule has 1 aromatic rings. The highest BCUT2D eigenvalue weighted by molar-refractivity contribution is 5.88. The number of rotatable bonds is 7. The molecule has 23 heavy (non-hydrogen) atoms. The quantitative estimate of drug-likeness (QED) is 0.824. The summed E-state index contributed by atoms with van der Waals surface area (Å²) in [6.07, 6.45) is 2.25. The van der Waals surface area contributed by atoms with Gasteiger partial charge in [0.05, 0.1) is 12.5 Å². The van der Waals surface area contributed by atoms with Gasteiger partial charge in [0.15, 0.2) is 0 Å². The van der Waals surface area contributed by atoms with Crippen LogP contribution in [-0.4, -0.2) is 60.9 Å². The molecule has 1 fully saturated rings. The van der Waals surface area contributed by atoms with Crippen molar-refractivity contribution in [1.82, 2.24) is 15.1 Å². The minimum Gasteiger partial charge on any atom is -0.353 e. The summed E-state index contributed by atoms with van der Waals surface area (Å²) < 4.78 is 0. The van der Waals surface area contributed by atoms with Gasteiger partial charge in [-0.2, -0.15) is 0 Å². The molecule has 0 bridgehead atoms. The monoisotopic (exact) mass is 317 g/mol. The predicted octanol–water partition coefficient (Wildman–Crippen LogP) is 1.29. The molecule has 1 aliphatic rings. The first-order valence-corrected chi connectivity index (χ1v) is 8.41. The van der Waals surface area contributed by atoms with Crippen LogP contribution < -0.4 is 5.32 Å². The number of nitrogens with zero attached hydrogens (tertiary/aromatic N) is 2. The molecule has 2 rings (SSSR count). The largest absolute Gasteiger partial charge is 0.353 e. The molecule has 1 aliphatic heterocycles. The van der Waals surface area contributed by atoms with Crippen LogP contribution in [0.2, 0.25) is 0 Å². The Morgan fingerprint density at radius 3 is 2.78 bits per heavy atom. The topological polar surface area (TPSA) is 52.7 Å². The lowest BCUT2D eigenvalue weighted by molar-refractivity contribution is -0.138. The molecule has 1 N–H and O–H groups in total. The van der Waals surface area contributed by atoms with E-state index in [1.165, 1.54) is 5.56 Å². The second kappa shape index (κ2) is 8.67. The van der Waals surface area contributed by atoms with Crippen molar-refractivity contribution in [2.75, 3.05) is 33.2 Å². The van der Waals surface area contributed by atoms with E-state index in [4.69, 9.17) is 0 Å². The molecule has 1 atom stereocenters. The Morgan fingerprint density at radius 2 is 2.09 bits per heavy atom. The van der Waals surface area contributed by atoms with Crippen LogP contribution in [0.4, 0.5) is 0 Å². The van der Waals surface area contributed by atoms with Gasteiger partial charge in [0, 0.05) is 26.7 Å².